The Morgan fingerprint density at radius 3 is 2.87 bits per heavy atom. The number of nitrogens with zero attached hydrogens (tertiary/aromatic N) is 2. The molecule has 0 aliphatic heterocycles. The summed E-state index contributed by atoms with van der Waals surface area (Å²) in [6.07, 6.45) is 3.29. The molecule has 3 aromatic rings. The predicted octanol–water partition coefficient (Wildman–Crippen LogP) is 2.33. The van der Waals surface area contributed by atoms with Crippen LogP contribution in [0.4, 0.5) is 5.69 Å². The Bertz CT molecular complexity index is 878. The van der Waals surface area contributed by atoms with Gasteiger partial charge in [0.05, 0.1) is 18.5 Å². The molecule has 2 heterocycles. The number of fused-ring (bicyclic) bond motifs is 1. The summed E-state index contributed by atoms with van der Waals surface area (Å²) in [6.45, 7) is 2.06. The molecule has 0 unspecified atom stereocenters. The van der Waals surface area contributed by atoms with Crippen molar-refractivity contribution in [2.75, 3.05) is 11.9 Å². The molecule has 7 heteroatoms. The first-order chi connectivity index (χ1) is 11.1. The Hall–Kier alpha value is -3.09. The van der Waals surface area contributed by atoms with Crippen LogP contribution in [-0.4, -0.2) is 33.2 Å². The van der Waals surface area contributed by atoms with Gasteiger partial charge in [-0.2, -0.15) is 5.10 Å². The highest BCUT2D eigenvalue weighted by molar-refractivity contribution is 6.06. The zero-order valence-electron chi connectivity index (χ0n) is 12.8. The molecule has 0 aliphatic rings. The fourth-order valence-electron chi connectivity index (χ4n) is 2.28. The molecule has 7 nitrogen and oxygen atoms in total. The van der Waals surface area contributed by atoms with Crippen molar-refractivity contribution in [3.63, 3.8) is 0 Å². The molecule has 0 saturated heterocycles. The van der Waals surface area contributed by atoms with Crippen LogP contribution >= 0.6 is 0 Å². The monoisotopic (exact) mass is 312 g/mol. The van der Waals surface area contributed by atoms with Crippen molar-refractivity contribution in [1.29, 1.82) is 0 Å². The zero-order chi connectivity index (χ0) is 16.4. The number of carbonyl (C=O) groups excluding carboxylic acids is 2. The minimum atomic E-state index is -0.412. The van der Waals surface area contributed by atoms with Crippen molar-refractivity contribution in [3.05, 3.63) is 47.9 Å². The van der Waals surface area contributed by atoms with E-state index in [4.69, 9.17) is 4.74 Å². The number of benzene rings is 1. The molecule has 0 radical (unpaired) electrons. The van der Waals surface area contributed by atoms with Crippen molar-refractivity contribution >= 4 is 28.5 Å². The Kier molecular flexibility index (Phi) is 3.84. The van der Waals surface area contributed by atoms with Gasteiger partial charge in [0.1, 0.15) is 5.69 Å². The van der Waals surface area contributed by atoms with E-state index < -0.39 is 5.97 Å². The molecule has 2 N–H and O–H groups in total. The molecule has 0 aliphatic carbocycles. The van der Waals surface area contributed by atoms with E-state index in [2.05, 4.69) is 15.4 Å². The van der Waals surface area contributed by atoms with E-state index in [-0.39, 0.29) is 5.91 Å². The Morgan fingerprint density at radius 1 is 1.35 bits per heavy atom. The molecule has 0 atom stereocenters. The van der Waals surface area contributed by atoms with E-state index in [0.717, 1.165) is 10.9 Å². The lowest BCUT2D eigenvalue weighted by Crippen LogP contribution is -2.11. The SMILES string of the molecule is CCOC(=O)c1cc2cc(C(=O)Nc3cnn(C)c3)ccc2[nH]1. The van der Waals surface area contributed by atoms with E-state index >= 15 is 0 Å². The maximum absolute atomic E-state index is 12.3. The predicted molar refractivity (Wildman–Crippen MR) is 85.4 cm³/mol. The molecule has 0 bridgehead atoms. The molecule has 0 saturated carbocycles. The third kappa shape index (κ3) is 3.08. The maximum Gasteiger partial charge on any atom is 0.354 e. The number of hydrogen-bond acceptors (Lipinski definition) is 4. The van der Waals surface area contributed by atoms with Gasteiger partial charge in [-0.3, -0.25) is 9.48 Å². The van der Waals surface area contributed by atoms with Crippen LogP contribution in [0.15, 0.2) is 36.7 Å². The molecular formula is C16H16N4O3. The van der Waals surface area contributed by atoms with Crippen molar-refractivity contribution in [2.45, 2.75) is 6.92 Å². The summed E-state index contributed by atoms with van der Waals surface area (Å²) in [5, 5.41) is 7.54. The number of anilines is 1. The standard InChI is InChI=1S/C16H16N4O3/c1-3-23-16(22)14-7-11-6-10(4-5-13(11)19-14)15(21)18-12-8-17-20(2)9-12/h4-9,19H,3H2,1-2H3,(H,18,21). The van der Waals surface area contributed by atoms with E-state index in [1.807, 2.05) is 0 Å². The summed E-state index contributed by atoms with van der Waals surface area (Å²) < 4.78 is 6.57. The van der Waals surface area contributed by atoms with E-state index in [1.54, 1.807) is 55.3 Å². The van der Waals surface area contributed by atoms with Crippen molar-refractivity contribution in [3.8, 4) is 0 Å². The number of ether oxygens (including phenoxy) is 1. The molecule has 118 valence electrons. The highest BCUT2D eigenvalue weighted by Crippen LogP contribution is 2.19. The zero-order valence-corrected chi connectivity index (χ0v) is 12.8. The Morgan fingerprint density at radius 2 is 2.17 bits per heavy atom. The van der Waals surface area contributed by atoms with Gasteiger partial charge in [-0.1, -0.05) is 0 Å². The highest BCUT2D eigenvalue weighted by Gasteiger charge is 2.13. The minimum absolute atomic E-state index is 0.237. The lowest BCUT2D eigenvalue weighted by molar-refractivity contribution is 0.0520. The molecule has 0 spiro atoms. The van der Waals surface area contributed by atoms with Crippen molar-refractivity contribution in [1.82, 2.24) is 14.8 Å². The number of aryl methyl sites for hydroxylation is 1. The van der Waals surface area contributed by atoms with Gasteiger partial charge in [0, 0.05) is 29.7 Å². The van der Waals surface area contributed by atoms with Gasteiger partial charge in [-0.05, 0) is 31.2 Å². The van der Waals surface area contributed by atoms with Gasteiger partial charge >= 0.3 is 5.97 Å². The minimum Gasteiger partial charge on any atom is -0.461 e. The number of aromatic nitrogens is 3. The van der Waals surface area contributed by atoms with Crippen LogP contribution in [0.1, 0.15) is 27.8 Å². The summed E-state index contributed by atoms with van der Waals surface area (Å²) in [7, 11) is 1.78. The number of amides is 1. The van der Waals surface area contributed by atoms with Crippen LogP contribution in [0, 0.1) is 0 Å². The third-order valence-corrected chi connectivity index (χ3v) is 3.34. The average Bonchev–Trinajstić information content (AvgIpc) is 3.12. The smallest absolute Gasteiger partial charge is 0.354 e. The fourth-order valence-corrected chi connectivity index (χ4v) is 2.28. The number of nitrogens with one attached hydrogen (secondary N) is 2. The van der Waals surface area contributed by atoms with Crippen LogP contribution in [0.2, 0.25) is 0 Å². The second kappa shape index (κ2) is 5.96. The van der Waals surface area contributed by atoms with Gasteiger partial charge in [0.15, 0.2) is 0 Å². The normalized spacial score (nSPS) is 10.7. The first-order valence-corrected chi connectivity index (χ1v) is 7.16. The molecular weight excluding hydrogens is 296 g/mol. The highest BCUT2D eigenvalue weighted by atomic mass is 16.5. The summed E-state index contributed by atoms with van der Waals surface area (Å²) >= 11 is 0. The first-order valence-electron chi connectivity index (χ1n) is 7.16. The van der Waals surface area contributed by atoms with Crippen LogP contribution in [-0.2, 0) is 11.8 Å². The number of H-pyrrole nitrogens is 1. The number of carbonyl (C=O) groups is 2. The molecule has 23 heavy (non-hydrogen) atoms. The van der Waals surface area contributed by atoms with Crippen molar-refractivity contribution < 1.29 is 14.3 Å². The van der Waals surface area contributed by atoms with Gasteiger partial charge in [-0.25, -0.2) is 4.79 Å². The largest absolute Gasteiger partial charge is 0.461 e. The molecule has 1 amide bonds. The quantitative estimate of drug-likeness (QED) is 0.724. The molecule has 3 rings (SSSR count). The Balaban J connectivity index is 1.84. The second-order valence-electron chi connectivity index (χ2n) is 5.06. The summed E-state index contributed by atoms with van der Waals surface area (Å²) in [4.78, 5) is 27.0. The van der Waals surface area contributed by atoms with E-state index in [1.165, 1.54) is 0 Å². The van der Waals surface area contributed by atoms with Crippen LogP contribution in [0.25, 0.3) is 10.9 Å². The first kappa shape index (κ1) is 14.8. The molecule has 0 fully saturated rings. The lowest BCUT2D eigenvalue weighted by Gasteiger charge is -2.02. The van der Waals surface area contributed by atoms with Gasteiger partial charge < -0.3 is 15.0 Å². The number of esters is 1. The maximum atomic E-state index is 12.3. The van der Waals surface area contributed by atoms with Gasteiger partial charge in [0.25, 0.3) is 5.91 Å². The summed E-state index contributed by atoms with van der Waals surface area (Å²) in [5.74, 6) is -0.649. The van der Waals surface area contributed by atoms with Crippen molar-refractivity contribution in [2.24, 2.45) is 7.05 Å². The lowest BCUT2D eigenvalue weighted by atomic mass is 10.1. The molecule has 1 aromatic carbocycles. The second-order valence-corrected chi connectivity index (χ2v) is 5.06. The fraction of sp³-hybridized carbons (Fsp3) is 0.188. The summed E-state index contributed by atoms with van der Waals surface area (Å²) in [5.41, 5.74) is 2.26. The summed E-state index contributed by atoms with van der Waals surface area (Å²) in [6, 6.07) is 6.85. The van der Waals surface area contributed by atoms with E-state index in [9.17, 15) is 9.59 Å². The number of aromatic amines is 1. The van der Waals surface area contributed by atoms with Gasteiger partial charge in [-0.15, -0.1) is 0 Å². The number of hydrogen-bond donors (Lipinski definition) is 2. The Labute approximate surface area is 132 Å². The average molecular weight is 312 g/mol. The topological polar surface area (TPSA) is 89.0 Å². The van der Waals surface area contributed by atoms with Gasteiger partial charge in [0.2, 0.25) is 0 Å². The van der Waals surface area contributed by atoms with Crippen LogP contribution < -0.4 is 5.32 Å². The van der Waals surface area contributed by atoms with E-state index in [0.29, 0.717) is 23.6 Å². The van der Waals surface area contributed by atoms with Crippen LogP contribution in [0.5, 0.6) is 0 Å². The van der Waals surface area contributed by atoms with Crippen LogP contribution in [0.3, 0.4) is 0 Å². The number of rotatable bonds is 4. The third-order valence-electron chi connectivity index (χ3n) is 3.34. The molecule has 2 aromatic heterocycles.